The number of morpholine rings is 1. The van der Waals surface area contributed by atoms with Crippen molar-refractivity contribution >= 4 is 28.4 Å². The van der Waals surface area contributed by atoms with E-state index < -0.39 is 16.0 Å². The Labute approximate surface area is 152 Å². The predicted octanol–water partition coefficient (Wildman–Crippen LogP) is 2.89. The Kier molecular flexibility index (Phi) is 5.45. The minimum absolute atomic E-state index is 0.277. The van der Waals surface area contributed by atoms with Gasteiger partial charge in [-0.3, -0.25) is 20.2 Å². The van der Waals surface area contributed by atoms with Gasteiger partial charge in [0.1, 0.15) is 5.69 Å². The van der Waals surface area contributed by atoms with E-state index >= 15 is 0 Å². The summed E-state index contributed by atoms with van der Waals surface area (Å²) in [6.45, 7) is 1.11. The molecule has 10 heteroatoms. The maximum Gasteiger partial charge on any atom is 0.299 e. The molecule has 26 heavy (non-hydrogen) atoms. The van der Waals surface area contributed by atoms with Crippen LogP contribution in [0.25, 0.3) is 0 Å². The Morgan fingerprint density at radius 3 is 2.77 bits per heavy atom. The number of ether oxygens (including phenoxy) is 1. The number of rotatable bonds is 6. The third kappa shape index (κ3) is 3.82. The molecule has 2 aromatic rings. The first-order chi connectivity index (χ1) is 12.5. The number of anilines is 1. The second kappa shape index (κ2) is 7.77. The third-order valence-electron chi connectivity index (χ3n) is 4.27. The number of hydrogen-bond donors (Lipinski definition) is 1. The van der Waals surface area contributed by atoms with Crippen LogP contribution in [0.5, 0.6) is 0 Å². The highest BCUT2D eigenvalue weighted by atomic mass is 32.1. The van der Waals surface area contributed by atoms with Gasteiger partial charge in [0, 0.05) is 23.9 Å². The molecule has 0 amide bonds. The van der Waals surface area contributed by atoms with Gasteiger partial charge >= 0.3 is 0 Å². The van der Waals surface area contributed by atoms with E-state index in [2.05, 4.69) is 0 Å². The predicted molar refractivity (Wildman–Crippen MR) is 95.6 cm³/mol. The number of aliphatic hydroxyl groups is 1. The van der Waals surface area contributed by atoms with Gasteiger partial charge in [-0.2, -0.15) is 0 Å². The minimum atomic E-state index is -0.707. The molecule has 0 bridgehead atoms. The van der Waals surface area contributed by atoms with Gasteiger partial charge in [0.05, 0.1) is 41.3 Å². The molecule has 2 unspecified atom stereocenters. The fourth-order valence-electron chi connectivity index (χ4n) is 3.04. The van der Waals surface area contributed by atoms with E-state index in [0.717, 1.165) is 10.9 Å². The van der Waals surface area contributed by atoms with Crippen molar-refractivity contribution in [2.45, 2.75) is 18.6 Å². The highest BCUT2D eigenvalue weighted by Gasteiger charge is 2.31. The lowest BCUT2D eigenvalue weighted by Gasteiger charge is -2.37. The molecule has 0 aliphatic carbocycles. The lowest BCUT2D eigenvalue weighted by Crippen LogP contribution is -2.46. The quantitative estimate of drug-likeness (QED) is 0.605. The Morgan fingerprint density at radius 1 is 1.31 bits per heavy atom. The standard InChI is InChI=1S/C16H17N3O6S/c20-15(16-2-1-7-26-16)9-12-10-25-6-5-17(12)13-4-3-11(18(21)22)8-14(13)19(23)24/h1-4,7-8,12,15,20H,5-6,9-10H2. The van der Waals surface area contributed by atoms with Crippen molar-refractivity contribution in [3.05, 3.63) is 60.8 Å². The van der Waals surface area contributed by atoms with E-state index in [1.54, 1.807) is 4.90 Å². The molecule has 0 saturated carbocycles. The summed E-state index contributed by atoms with van der Waals surface area (Å²) in [4.78, 5) is 23.7. The molecule has 1 aliphatic rings. The van der Waals surface area contributed by atoms with Crippen LogP contribution in [-0.4, -0.2) is 40.8 Å². The van der Waals surface area contributed by atoms with Crippen molar-refractivity contribution in [1.82, 2.24) is 0 Å². The Hall–Kier alpha value is -2.56. The number of hydrogen-bond acceptors (Lipinski definition) is 8. The van der Waals surface area contributed by atoms with Crippen molar-refractivity contribution in [3.63, 3.8) is 0 Å². The number of aliphatic hydroxyl groups excluding tert-OH is 1. The highest BCUT2D eigenvalue weighted by molar-refractivity contribution is 7.10. The maximum atomic E-state index is 11.4. The molecule has 1 N–H and O–H groups in total. The first-order valence-electron chi connectivity index (χ1n) is 7.96. The molecule has 2 atom stereocenters. The van der Waals surface area contributed by atoms with Gasteiger partial charge in [-0.25, -0.2) is 0 Å². The number of nitro benzene ring substituents is 2. The number of nitro groups is 2. The largest absolute Gasteiger partial charge is 0.387 e. The Morgan fingerprint density at radius 2 is 2.12 bits per heavy atom. The van der Waals surface area contributed by atoms with Gasteiger partial charge in [-0.15, -0.1) is 11.3 Å². The van der Waals surface area contributed by atoms with Crippen LogP contribution >= 0.6 is 11.3 Å². The highest BCUT2D eigenvalue weighted by Crippen LogP contribution is 2.36. The molecule has 9 nitrogen and oxygen atoms in total. The zero-order valence-corrected chi connectivity index (χ0v) is 14.5. The van der Waals surface area contributed by atoms with Crippen LogP contribution in [0.4, 0.5) is 17.1 Å². The van der Waals surface area contributed by atoms with Gasteiger partial charge < -0.3 is 14.7 Å². The average Bonchev–Trinajstić information content (AvgIpc) is 3.16. The van der Waals surface area contributed by atoms with Gasteiger partial charge in [0.2, 0.25) is 0 Å². The molecule has 1 aromatic heterocycles. The molecule has 1 aromatic carbocycles. The lowest BCUT2D eigenvalue weighted by molar-refractivity contribution is -0.393. The first-order valence-corrected chi connectivity index (χ1v) is 8.84. The average molecular weight is 379 g/mol. The molecule has 138 valence electrons. The number of benzene rings is 1. The van der Waals surface area contributed by atoms with Crippen LogP contribution < -0.4 is 4.90 Å². The summed E-state index contributed by atoms with van der Waals surface area (Å²) in [5.74, 6) is 0. The van der Waals surface area contributed by atoms with Gasteiger partial charge in [-0.05, 0) is 17.5 Å². The zero-order valence-electron chi connectivity index (χ0n) is 13.7. The smallest absolute Gasteiger partial charge is 0.299 e. The molecule has 3 rings (SSSR count). The van der Waals surface area contributed by atoms with Crippen LogP contribution in [0.15, 0.2) is 35.7 Å². The normalized spacial score (nSPS) is 18.5. The van der Waals surface area contributed by atoms with E-state index in [4.69, 9.17) is 4.74 Å². The molecule has 1 fully saturated rings. The van der Waals surface area contributed by atoms with E-state index in [0.29, 0.717) is 31.9 Å². The SMILES string of the molecule is O=[N+]([O-])c1ccc(N2CCOCC2CC(O)c2cccs2)c([N+](=O)[O-])c1. The Balaban J connectivity index is 1.89. The molecule has 1 saturated heterocycles. The van der Waals surface area contributed by atoms with Crippen LogP contribution in [0.1, 0.15) is 17.4 Å². The number of thiophene rings is 1. The molecule has 1 aliphatic heterocycles. The monoisotopic (exact) mass is 379 g/mol. The summed E-state index contributed by atoms with van der Waals surface area (Å²) in [5, 5.41) is 34.7. The number of nitrogens with zero attached hydrogens (tertiary/aromatic N) is 3. The lowest BCUT2D eigenvalue weighted by atomic mass is 10.0. The maximum absolute atomic E-state index is 11.4. The fraction of sp³-hybridized carbons (Fsp3) is 0.375. The fourth-order valence-corrected chi connectivity index (χ4v) is 3.76. The molecule has 2 heterocycles. The van der Waals surface area contributed by atoms with Gasteiger partial charge in [-0.1, -0.05) is 6.07 Å². The third-order valence-corrected chi connectivity index (χ3v) is 5.24. The molecular formula is C16H17N3O6S. The van der Waals surface area contributed by atoms with E-state index in [1.165, 1.54) is 23.5 Å². The van der Waals surface area contributed by atoms with Crippen molar-refractivity contribution in [3.8, 4) is 0 Å². The topological polar surface area (TPSA) is 119 Å². The first kappa shape index (κ1) is 18.2. The van der Waals surface area contributed by atoms with Crippen molar-refractivity contribution in [2.75, 3.05) is 24.7 Å². The van der Waals surface area contributed by atoms with Crippen LogP contribution in [0, 0.1) is 20.2 Å². The second-order valence-electron chi connectivity index (χ2n) is 5.88. The van der Waals surface area contributed by atoms with Gasteiger partial charge in [0.15, 0.2) is 0 Å². The van der Waals surface area contributed by atoms with Crippen molar-refractivity contribution < 1.29 is 19.7 Å². The van der Waals surface area contributed by atoms with Crippen LogP contribution in [-0.2, 0) is 4.74 Å². The van der Waals surface area contributed by atoms with Crippen molar-refractivity contribution in [2.24, 2.45) is 0 Å². The summed E-state index contributed by atoms with van der Waals surface area (Å²) < 4.78 is 5.49. The van der Waals surface area contributed by atoms with E-state index in [1.807, 2.05) is 17.5 Å². The minimum Gasteiger partial charge on any atom is -0.387 e. The Bertz CT molecular complexity index is 797. The second-order valence-corrected chi connectivity index (χ2v) is 6.86. The zero-order chi connectivity index (χ0) is 18.7. The van der Waals surface area contributed by atoms with Crippen molar-refractivity contribution in [1.29, 1.82) is 0 Å². The van der Waals surface area contributed by atoms with Gasteiger partial charge in [0.25, 0.3) is 11.4 Å². The molecule has 0 radical (unpaired) electrons. The summed E-state index contributed by atoms with van der Waals surface area (Å²) in [6, 6.07) is 7.02. The van der Waals surface area contributed by atoms with Crippen LogP contribution in [0.2, 0.25) is 0 Å². The van der Waals surface area contributed by atoms with E-state index in [9.17, 15) is 25.3 Å². The molecule has 0 spiro atoms. The van der Waals surface area contributed by atoms with E-state index in [-0.39, 0.29) is 17.4 Å². The molecular weight excluding hydrogens is 362 g/mol. The summed E-state index contributed by atoms with van der Waals surface area (Å²) in [5.41, 5.74) is -0.354. The summed E-state index contributed by atoms with van der Waals surface area (Å²) >= 11 is 1.44. The summed E-state index contributed by atoms with van der Waals surface area (Å²) in [7, 11) is 0. The van der Waals surface area contributed by atoms with Crippen LogP contribution in [0.3, 0.4) is 0 Å². The number of non-ortho nitro benzene ring substituents is 1. The summed E-state index contributed by atoms with van der Waals surface area (Å²) in [6.07, 6.45) is -0.365.